The third kappa shape index (κ3) is 6.17. The van der Waals surface area contributed by atoms with Crippen molar-refractivity contribution in [1.82, 2.24) is 0 Å². The summed E-state index contributed by atoms with van der Waals surface area (Å²) in [6.45, 7) is 7.45. The molecule has 7 heteroatoms. The maximum absolute atomic E-state index is 13.0. The second-order valence-corrected chi connectivity index (χ2v) is 7.40. The van der Waals surface area contributed by atoms with Crippen LogP contribution in [-0.4, -0.2) is 58.4 Å². The maximum atomic E-state index is 13.0. The van der Waals surface area contributed by atoms with Crippen LogP contribution < -0.4 is 24.6 Å². The average molecular weight is 403 g/mol. The number of piperazine rings is 1. The molecule has 1 saturated heterocycles. The first-order valence-corrected chi connectivity index (χ1v) is 10.1. The molecule has 0 unspecified atom stereocenters. The highest BCUT2D eigenvalue weighted by molar-refractivity contribution is 5.93. The Morgan fingerprint density at radius 2 is 1.66 bits per heavy atom. The van der Waals surface area contributed by atoms with E-state index < -0.39 is 0 Å². The van der Waals surface area contributed by atoms with Crippen molar-refractivity contribution in [2.24, 2.45) is 0 Å². The molecule has 1 fully saturated rings. The number of amides is 1. The van der Waals surface area contributed by atoms with E-state index in [0.29, 0.717) is 12.3 Å². The molecule has 0 aromatic heterocycles. The van der Waals surface area contributed by atoms with Crippen molar-refractivity contribution in [3.8, 4) is 11.5 Å². The van der Waals surface area contributed by atoms with Gasteiger partial charge in [0.05, 0.1) is 7.11 Å². The number of carbonyl (C=O) groups excluding carboxylic acids is 1. The van der Waals surface area contributed by atoms with Crippen LogP contribution in [0.2, 0.25) is 0 Å². The van der Waals surface area contributed by atoms with Crippen LogP contribution in [0.15, 0.2) is 48.5 Å². The van der Waals surface area contributed by atoms with E-state index in [1.54, 1.807) is 19.2 Å². The highest BCUT2D eigenvalue weighted by Crippen LogP contribution is 2.16. The third-order valence-electron chi connectivity index (χ3n) is 5.50. The zero-order valence-corrected chi connectivity index (χ0v) is 17.0. The molecule has 29 heavy (non-hydrogen) atoms. The second-order valence-electron chi connectivity index (χ2n) is 7.40. The van der Waals surface area contributed by atoms with Gasteiger partial charge in [0.1, 0.15) is 56.6 Å². The number of hydrogen-bond donors (Lipinski definition) is 3. The van der Waals surface area contributed by atoms with Crippen LogP contribution in [0.5, 0.6) is 11.5 Å². The van der Waals surface area contributed by atoms with Crippen molar-refractivity contribution in [1.29, 1.82) is 0 Å². The quantitative estimate of drug-likeness (QED) is 0.583. The van der Waals surface area contributed by atoms with E-state index in [0.717, 1.165) is 44.2 Å². The number of quaternary nitrogens is 2. The Balaban J connectivity index is 1.37. The normalized spacial score (nSPS) is 20.0. The zero-order chi connectivity index (χ0) is 20.6. The summed E-state index contributed by atoms with van der Waals surface area (Å²) in [5.74, 6) is 1.33. The topological polar surface area (TPSA) is 56.4 Å². The van der Waals surface area contributed by atoms with Crippen LogP contribution in [-0.2, 0) is 4.79 Å². The van der Waals surface area contributed by atoms with Crippen LogP contribution in [0.4, 0.5) is 10.1 Å². The fraction of sp³-hybridized carbons (Fsp3) is 0.409. The van der Waals surface area contributed by atoms with E-state index in [9.17, 15) is 9.18 Å². The summed E-state index contributed by atoms with van der Waals surface area (Å²) in [6, 6.07) is 13.3. The van der Waals surface area contributed by atoms with E-state index in [4.69, 9.17) is 9.47 Å². The van der Waals surface area contributed by atoms with Gasteiger partial charge in [0, 0.05) is 5.69 Å². The first-order chi connectivity index (χ1) is 14.0. The molecule has 1 aliphatic heterocycles. The molecular weight excluding hydrogens is 373 g/mol. The first-order valence-electron chi connectivity index (χ1n) is 10.1. The number of ether oxygens (including phenoxy) is 2. The number of hydrogen-bond acceptors (Lipinski definition) is 3. The molecule has 0 radical (unpaired) electrons. The van der Waals surface area contributed by atoms with Gasteiger partial charge in [-0.2, -0.15) is 0 Å². The lowest BCUT2D eigenvalue weighted by Crippen LogP contribution is -3.30. The van der Waals surface area contributed by atoms with Crippen LogP contribution in [0.1, 0.15) is 6.92 Å². The number of methoxy groups -OCH3 is 1. The molecule has 156 valence electrons. The second kappa shape index (κ2) is 10.2. The summed E-state index contributed by atoms with van der Waals surface area (Å²) in [5, 5.41) is 2.88. The predicted molar refractivity (Wildman–Crippen MR) is 109 cm³/mol. The average Bonchev–Trinajstić information content (AvgIpc) is 2.76. The van der Waals surface area contributed by atoms with E-state index >= 15 is 0 Å². The molecule has 0 aliphatic carbocycles. The largest absolute Gasteiger partial charge is 0.497 e. The molecule has 0 bridgehead atoms. The summed E-state index contributed by atoms with van der Waals surface area (Å²) in [7, 11) is 1.65. The van der Waals surface area contributed by atoms with E-state index in [1.165, 1.54) is 21.9 Å². The van der Waals surface area contributed by atoms with E-state index in [-0.39, 0.29) is 17.8 Å². The molecule has 2 aromatic rings. The van der Waals surface area contributed by atoms with Crippen molar-refractivity contribution >= 4 is 11.6 Å². The van der Waals surface area contributed by atoms with Gasteiger partial charge in [0.25, 0.3) is 5.91 Å². The summed E-state index contributed by atoms with van der Waals surface area (Å²) in [6.07, 6.45) is 0. The van der Waals surface area contributed by atoms with Gasteiger partial charge in [-0.3, -0.25) is 4.79 Å². The Hall–Kier alpha value is -2.64. The molecule has 3 N–H and O–H groups in total. The van der Waals surface area contributed by atoms with Gasteiger partial charge in [0.2, 0.25) is 0 Å². The number of nitrogens with one attached hydrogen (secondary N) is 3. The Morgan fingerprint density at radius 1 is 1.03 bits per heavy atom. The summed E-state index contributed by atoms with van der Waals surface area (Å²) in [5.41, 5.74) is 0.627. The van der Waals surface area contributed by atoms with Gasteiger partial charge in [-0.25, -0.2) is 4.39 Å². The minimum absolute atomic E-state index is 0.0297. The summed E-state index contributed by atoms with van der Waals surface area (Å²) in [4.78, 5) is 15.3. The molecule has 1 atom stereocenters. The van der Waals surface area contributed by atoms with Crippen molar-refractivity contribution in [2.75, 3.05) is 51.8 Å². The predicted octanol–water partition coefficient (Wildman–Crippen LogP) is 0.0237. The fourth-order valence-corrected chi connectivity index (χ4v) is 3.56. The molecule has 6 nitrogen and oxygen atoms in total. The standard InChI is InChI=1S/C22H28FN3O3/c1-17(22(27)24-19-5-3-18(23)4-6-19)26-13-11-25(12-14-26)15-16-29-21-9-7-20(28-2)8-10-21/h3-10,17H,11-16H2,1-2H3,(H,24,27)/p+2/t17-/m1/s1. The van der Waals surface area contributed by atoms with Gasteiger partial charge in [-0.15, -0.1) is 0 Å². The number of carbonyl (C=O) groups is 1. The maximum Gasteiger partial charge on any atom is 0.282 e. The molecule has 3 rings (SSSR count). The lowest BCUT2D eigenvalue weighted by molar-refractivity contribution is -1.02. The Labute approximate surface area is 171 Å². The van der Waals surface area contributed by atoms with Crippen molar-refractivity contribution in [2.45, 2.75) is 13.0 Å². The fourth-order valence-electron chi connectivity index (χ4n) is 3.56. The van der Waals surface area contributed by atoms with Crippen molar-refractivity contribution in [3.05, 3.63) is 54.3 Å². The molecule has 2 aromatic carbocycles. The molecule has 1 heterocycles. The minimum atomic E-state index is -0.309. The number of halogens is 1. The SMILES string of the molecule is COc1ccc(OCC[NH+]2CC[NH+]([C@H](C)C(=O)Nc3ccc(F)cc3)CC2)cc1. The number of benzene rings is 2. The van der Waals surface area contributed by atoms with Gasteiger partial charge in [0.15, 0.2) is 6.04 Å². The first kappa shape index (κ1) is 21.1. The smallest absolute Gasteiger partial charge is 0.282 e. The van der Waals surface area contributed by atoms with Gasteiger partial charge in [-0.05, 0) is 55.5 Å². The minimum Gasteiger partial charge on any atom is -0.497 e. The zero-order valence-electron chi connectivity index (χ0n) is 17.0. The van der Waals surface area contributed by atoms with E-state index in [2.05, 4.69) is 5.32 Å². The third-order valence-corrected chi connectivity index (χ3v) is 5.50. The lowest BCUT2D eigenvalue weighted by Gasteiger charge is -2.32. The summed E-state index contributed by atoms with van der Waals surface area (Å²) >= 11 is 0. The van der Waals surface area contributed by atoms with Gasteiger partial charge in [-0.1, -0.05) is 0 Å². The van der Waals surface area contributed by atoms with Crippen LogP contribution >= 0.6 is 0 Å². The molecule has 0 saturated carbocycles. The lowest BCUT2D eigenvalue weighted by atomic mass is 10.2. The number of rotatable bonds is 8. The van der Waals surface area contributed by atoms with Crippen LogP contribution in [0, 0.1) is 5.82 Å². The van der Waals surface area contributed by atoms with Crippen LogP contribution in [0.3, 0.4) is 0 Å². The molecule has 1 amide bonds. The van der Waals surface area contributed by atoms with E-state index in [1.807, 2.05) is 31.2 Å². The molecule has 0 spiro atoms. The number of anilines is 1. The van der Waals surface area contributed by atoms with Crippen molar-refractivity contribution in [3.63, 3.8) is 0 Å². The monoisotopic (exact) mass is 403 g/mol. The highest BCUT2D eigenvalue weighted by atomic mass is 19.1. The van der Waals surface area contributed by atoms with Gasteiger partial charge < -0.3 is 24.6 Å². The van der Waals surface area contributed by atoms with Crippen LogP contribution in [0.25, 0.3) is 0 Å². The Kier molecular flexibility index (Phi) is 7.43. The van der Waals surface area contributed by atoms with Crippen molar-refractivity contribution < 1.29 is 28.5 Å². The van der Waals surface area contributed by atoms with Gasteiger partial charge >= 0.3 is 0 Å². The molecular formula is C22H30FN3O3+2. The Bertz CT molecular complexity index is 775. The Morgan fingerprint density at radius 3 is 2.28 bits per heavy atom. The highest BCUT2D eigenvalue weighted by Gasteiger charge is 2.30. The molecule has 1 aliphatic rings. The summed E-state index contributed by atoms with van der Waals surface area (Å²) < 4.78 is 24.0.